The predicted molar refractivity (Wildman–Crippen MR) is 78.0 cm³/mol. The Labute approximate surface area is 109 Å². The molecule has 0 atom stereocenters. The summed E-state index contributed by atoms with van der Waals surface area (Å²) in [5.41, 5.74) is 9.95. The van der Waals surface area contributed by atoms with Gasteiger partial charge in [0.25, 0.3) is 0 Å². The number of benzene rings is 1. The molecule has 1 aromatic rings. The maximum Gasteiger partial charge on any atom is 0.193 e. The van der Waals surface area contributed by atoms with Gasteiger partial charge in [-0.1, -0.05) is 26.0 Å². The number of nitrogens with one attached hydrogen (secondary N) is 1. The van der Waals surface area contributed by atoms with Crippen molar-refractivity contribution in [2.24, 2.45) is 16.6 Å². The van der Waals surface area contributed by atoms with E-state index in [0.29, 0.717) is 11.9 Å². The zero-order chi connectivity index (χ0) is 13.0. The van der Waals surface area contributed by atoms with Crippen molar-refractivity contribution in [3.8, 4) is 0 Å². The Morgan fingerprint density at radius 3 is 2.89 bits per heavy atom. The molecule has 0 saturated carbocycles. The molecule has 98 valence electrons. The molecule has 1 aliphatic carbocycles. The molecule has 0 heterocycles. The number of aliphatic imine (C=N–C) groups is 1. The molecule has 1 aliphatic rings. The van der Waals surface area contributed by atoms with Crippen LogP contribution in [0.4, 0.5) is 5.69 Å². The molecule has 0 aliphatic heterocycles. The molecule has 18 heavy (non-hydrogen) atoms. The number of aryl methyl sites for hydroxylation is 1. The molecule has 0 unspecified atom stereocenters. The van der Waals surface area contributed by atoms with Crippen molar-refractivity contribution < 1.29 is 0 Å². The van der Waals surface area contributed by atoms with Gasteiger partial charge in [0, 0.05) is 12.2 Å². The molecule has 3 N–H and O–H groups in total. The van der Waals surface area contributed by atoms with Crippen LogP contribution in [0.2, 0.25) is 0 Å². The third kappa shape index (κ3) is 3.25. The first-order valence-electron chi connectivity index (χ1n) is 6.84. The van der Waals surface area contributed by atoms with E-state index in [1.165, 1.54) is 30.4 Å². The summed E-state index contributed by atoms with van der Waals surface area (Å²) in [5.74, 6) is 1.07. The van der Waals surface area contributed by atoms with Gasteiger partial charge >= 0.3 is 0 Å². The summed E-state index contributed by atoms with van der Waals surface area (Å²) in [5, 5.41) is 3.25. The number of guanidine groups is 1. The van der Waals surface area contributed by atoms with E-state index < -0.39 is 0 Å². The average molecular weight is 245 g/mol. The molecule has 0 amide bonds. The molecule has 0 fully saturated rings. The third-order valence-electron chi connectivity index (χ3n) is 3.29. The van der Waals surface area contributed by atoms with E-state index in [1.54, 1.807) is 0 Å². The van der Waals surface area contributed by atoms with Crippen LogP contribution in [0.1, 0.15) is 37.8 Å². The smallest absolute Gasteiger partial charge is 0.193 e. The molecule has 0 bridgehead atoms. The maximum absolute atomic E-state index is 5.93. The fourth-order valence-electron chi connectivity index (χ4n) is 2.36. The average Bonchev–Trinajstić information content (AvgIpc) is 2.37. The molecule has 0 radical (unpaired) electrons. The van der Waals surface area contributed by atoms with Gasteiger partial charge < -0.3 is 11.1 Å². The van der Waals surface area contributed by atoms with Crippen LogP contribution in [0, 0.1) is 5.92 Å². The number of nitrogens with zero attached hydrogens (tertiary/aromatic N) is 1. The minimum absolute atomic E-state index is 0.530. The van der Waals surface area contributed by atoms with Gasteiger partial charge in [-0.3, -0.25) is 4.99 Å². The molecular formula is C15H23N3. The van der Waals surface area contributed by atoms with Crippen LogP contribution in [0.25, 0.3) is 0 Å². The normalized spacial score (nSPS) is 15.6. The molecule has 2 rings (SSSR count). The highest BCUT2D eigenvalue weighted by molar-refractivity contribution is 5.93. The summed E-state index contributed by atoms with van der Waals surface area (Å²) in [6, 6.07) is 6.42. The van der Waals surface area contributed by atoms with Gasteiger partial charge in [0.05, 0.1) is 0 Å². The van der Waals surface area contributed by atoms with Crippen LogP contribution < -0.4 is 11.1 Å². The summed E-state index contributed by atoms with van der Waals surface area (Å²) < 4.78 is 0. The summed E-state index contributed by atoms with van der Waals surface area (Å²) in [7, 11) is 0. The zero-order valence-electron chi connectivity index (χ0n) is 11.4. The van der Waals surface area contributed by atoms with Gasteiger partial charge in [-0.25, -0.2) is 0 Å². The van der Waals surface area contributed by atoms with Gasteiger partial charge in [-0.05, 0) is 48.8 Å². The Hall–Kier alpha value is -1.51. The highest BCUT2D eigenvalue weighted by Gasteiger charge is 2.12. The number of hydrogen-bond acceptors (Lipinski definition) is 1. The van der Waals surface area contributed by atoms with Gasteiger partial charge in [-0.15, -0.1) is 0 Å². The fourth-order valence-corrected chi connectivity index (χ4v) is 2.36. The lowest BCUT2D eigenvalue weighted by Gasteiger charge is -2.19. The second kappa shape index (κ2) is 5.89. The molecule has 3 heteroatoms. The van der Waals surface area contributed by atoms with Crippen LogP contribution in [-0.4, -0.2) is 12.5 Å². The summed E-state index contributed by atoms with van der Waals surface area (Å²) >= 11 is 0. The second-order valence-corrected chi connectivity index (χ2v) is 5.40. The predicted octanol–water partition coefficient (Wildman–Crippen LogP) is 2.95. The van der Waals surface area contributed by atoms with Crippen molar-refractivity contribution in [2.45, 2.75) is 39.5 Å². The van der Waals surface area contributed by atoms with Gasteiger partial charge in [-0.2, -0.15) is 0 Å². The van der Waals surface area contributed by atoms with E-state index in [0.717, 1.165) is 18.7 Å². The van der Waals surface area contributed by atoms with E-state index in [2.05, 4.69) is 42.4 Å². The van der Waals surface area contributed by atoms with Crippen molar-refractivity contribution in [1.29, 1.82) is 0 Å². The number of nitrogens with two attached hydrogens (primary N) is 1. The Morgan fingerprint density at radius 2 is 2.11 bits per heavy atom. The number of hydrogen-bond donors (Lipinski definition) is 2. The van der Waals surface area contributed by atoms with E-state index in [1.807, 2.05) is 0 Å². The van der Waals surface area contributed by atoms with Crippen LogP contribution in [0.15, 0.2) is 23.2 Å². The van der Waals surface area contributed by atoms with Crippen molar-refractivity contribution in [1.82, 2.24) is 0 Å². The van der Waals surface area contributed by atoms with Crippen LogP contribution in [0.5, 0.6) is 0 Å². The SMILES string of the molecule is CC(C)CN=C(N)Nc1cccc2c1CCCC2. The minimum atomic E-state index is 0.530. The summed E-state index contributed by atoms with van der Waals surface area (Å²) in [6.07, 6.45) is 4.91. The first kappa shape index (κ1) is 12.9. The molecule has 3 nitrogen and oxygen atoms in total. The number of rotatable bonds is 3. The maximum atomic E-state index is 5.93. The second-order valence-electron chi connectivity index (χ2n) is 5.40. The molecule has 1 aromatic carbocycles. The zero-order valence-corrected chi connectivity index (χ0v) is 11.4. The minimum Gasteiger partial charge on any atom is -0.370 e. The van der Waals surface area contributed by atoms with Gasteiger partial charge in [0.1, 0.15) is 0 Å². The number of anilines is 1. The topological polar surface area (TPSA) is 50.4 Å². The molecule has 0 spiro atoms. The fraction of sp³-hybridized carbons (Fsp3) is 0.533. The Kier molecular flexibility index (Phi) is 4.24. The molecular weight excluding hydrogens is 222 g/mol. The Balaban J connectivity index is 2.12. The molecule has 0 aromatic heterocycles. The summed E-state index contributed by atoms with van der Waals surface area (Å²) in [6.45, 7) is 5.05. The first-order valence-corrected chi connectivity index (χ1v) is 6.84. The summed E-state index contributed by atoms with van der Waals surface area (Å²) in [4.78, 5) is 4.35. The van der Waals surface area contributed by atoms with E-state index in [9.17, 15) is 0 Å². The monoisotopic (exact) mass is 245 g/mol. The van der Waals surface area contributed by atoms with Crippen molar-refractivity contribution in [2.75, 3.05) is 11.9 Å². The highest BCUT2D eigenvalue weighted by atomic mass is 15.1. The van der Waals surface area contributed by atoms with Crippen molar-refractivity contribution in [3.63, 3.8) is 0 Å². The lowest BCUT2D eigenvalue weighted by Crippen LogP contribution is -2.24. The van der Waals surface area contributed by atoms with Gasteiger partial charge in [0.2, 0.25) is 0 Å². The van der Waals surface area contributed by atoms with E-state index in [-0.39, 0.29) is 0 Å². The quantitative estimate of drug-likeness (QED) is 0.635. The van der Waals surface area contributed by atoms with Crippen LogP contribution >= 0.6 is 0 Å². The number of fused-ring (bicyclic) bond motifs is 1. The largest absolute Gasteiger partial charge is 0.370 e. The highest BCUT2D eigenvalue weighted by Crippen LogP contribution is 2.27. The van der Waals surface area contributed by atoms with Gasteiger partial charge in [0.15, 0.2) is 5.96 Å². The van der Waals surface area contributed by atoms with Crippen LogP contribution in [0.3, 0.4) is 0 Å². The lowest BCUT2D eigenvalue weighted by molar-refractivity contribution is 0.665. The van der Waals surface area contributed by atoms with Crippen LogP contribution in [-0.2, 0) is 12.8 Å². The van der Waals surface area contributed by atoms with E-state index >= 15 is 0 Å². The van der Waals surface area contributed by atoms with Crippen molar-refractivity contribution in [3.05, 3.63) is 29.3 Å². The van der Waals surface area contributed by atoms with Crippen molar-refractivity contribution >= 4 is 11.6 Å². The third-order valence-corrected chi connectivity index (χ3v) is 3.29. The molecule has 0 saturated heterocycles. The standard InChI is InChI=1S/C15H23N3/c1-11(2)10-17-15(16)18-14-9-5-7-12-6-3-4-8-13(12)14/h5,7,9,11H,3-4,6,8,10H2,1-2H3,(H3,16,17,18). The lowest BCUT2D eigenvalue weighted by atomic mass is 9.90. The Morgan fingerprint density at radius 1 is 1.33 bits per heavy atom. The first-order chi connectivity index (χ1) is 8.66. The van der Waals surface area contributed by atoms with E-state index in [4.69, 9.17) is 5.73 Å². The Bertz CT molecular complexity index is 435.